The predicted octanol–water partition coefficient (Wildman–Crippen LogP) is 3.33. The van der Waals surface area contributed by atoms with Crippen molar-refractivity contribution >= 4 is 5.91 Å². The minimum atomic E-state index is -0.428. The Labute approximate surface area is 117 Å². The Morgan fingerprint density at radius 2 is 1.95 bits per heavy atom. The molecule has 2 aromatic rings. The Balaban J connectivity index is 2.15. The number of hydrogen-bond acceptors (Lipinski definition) is 2. The molecule has 0 aliphatic rings. The van der Waals surface area contributed by atoms with Crippen LogP contribution in [0.15, 0.2) is 48.5 Å². The molecule has 20 heavy (non-hydrogen) atoms. The van der Waals surface area contributed by atoms with Gasteiger partial charge in [-0.1, -0.05) is 24.3 Å². The van der Waals surface area contributed by atoms with Gasteiger partial charge in [0.1, 0.15) is 11.6 Å². The van der Waals surface area contributed by atoms with E-state index in [4.69, 9.17) is 4.74 Å². The fraction of sp³-hybridized carbons (Fsp3) is 0.188. The summed E-state index contributed by atoms with van der Waals surface area (Å²) in [4.78, 5) is 12.1. The third-order valence-corrected chi connectivity index (χ3v) is 3.04. The first kappa shape index (κ1) is 14.1. The van der Waals surface area contributed by atoms with E-state index in [1.807, 2.05) is 31.2 Å². The van der Waals surface area contributed by atoms with Crippen molar-refractivity contribution in [1.29, 1.82) is 0 Å². The molecule has 1 amide bonds. The second-order valence-electron chi connectivity index (χ2n) is 4.45. The molecule has 0 aliphatic carbocycles. The Kier molecular flexibility index (Phi) is 4.35. The maximum Gasteiger partial charge on any atom is 0.251 e. The number of halogens is 1. The summed E-state index contributed by atoms with van der Waals surface area (Å²) in [5, 5.41) is 2.83. The predicted molar refractivity (Wildman–Crippen MR) is 75.3 cm³/mol. The number of amides is 1. The number of carbonyl (C=O) groups is 1. The van der Waals surface area contributed by atoms with Crippen molar-refractivity contribution in [2.24, 2.45) is 0 Å². The normalized spacial score (nSPS) is 11.8. The molecule has 1 N–H and O–H groups in total. The molecule has 0 saturated carbocycles. The number of nitrogens with one attached hydrogen (secondary N) is 1. The zero-order chi connectivity index (χ0) is 14.5. The van der Waals surface area contributed by atoms with E-state index in [0.717, 1.165) is 5.56 Å². The van der Waals surface area contributed by atoms with Crippen LogP contribution in [0.2, 0.25) is 0 Å². The summed E-state index contributed by atoms with van der Waals surface area (Å²) in [5.74, 6) is -0.0370. The van der Waals surface area contributed by atoms with E-state index >= 15 is 0 Å². The molecule has 0 saturated heterocycles. The quantitative estimate of drug-likeness (QED) is 0.928. The Bertz CT molecular complexity index is 613. The van der Waals surface area contributed by atoms with Crippen molar-refractivity contribution in [1.82, 2.24) is 5.32 Å². The maximum absolute atomic E-state index is 13.1. The van der Waals surface area contributed by atoms with Gasteiger partial charge in [0.25, 0.3) is 5.91 Å². The summed E-state index contributed by atoms with van der Waals surface area (Å²) in [6.07, 6.45) is 0. The zero-order valence-electron chi connectivity index (χ0n) is 11.4. The molecule has 104 valence electrons. The van der Waals surface area contributed by atoms with Gasteiger partial charge in [0, 0.05) is 11.1 Å². The fourth-order valence-corrected chi connectivity index (χ4v) is 2.01. The summed E-state index contributed by atoms with van der Waals surface area (Å²) in [6.45, 7) is 1.86. The lowest BCUT2D eigenvalue weighted by Crippen LogP contribution is -2.27. The van der Waals surface area contributed by atoms with Gasteiger partial charge in [0.2, 0.25) is 0 Å². The van der Waals surface area contributed by atoms with Crippen LogP contribution in [0.5, 0.6) is 5.75 Å². The number of benzene rings is 2. The van der Waals surface area contributed by atoms with Crippen LogP contribution in [0.1, 0.15) is 28.9 Å². The van der Waals surface area contributed by atoms with E-state index < -0.39 is 5.82 Å². The fourth-order valence-electron chi connectivity index (χ4n) is 2.01. The van der Waals surface area contributed by atoms with E-state index in [-0.39, 0.29) is 11.9 Å². The summed E-state index contributed by atoms with van der Waals surface area (Å²) in [6, 6.07) is 12.8. The number of carbonyl (C=O) groups excluding carboxylic acids is 1. The molecule has 4 heteroatoms. The molecular weight excluding hydrogens is 257 g/mol. The van der Waals surface area contributed by atoms with E-state index in [1.165, 1.54) is 18.2 Å². The SMILES string of the molecule is COc1ccccc1C(C)NC(=O)c1cccc(F)c1. The van der Waals surface area contributed by atoms with Gasteiger partial charge >= 0.3 is 0 Å². The zero-order valence-corrected chi connectivity index (χ0v) is 11.4. The van der Waals surface area contributed by atoms with Gasteiger partial charge in [-0.25, -0.2) is 4.39 Å². The number of hydrogen-bond donors (Lipinski definition) is 1. The number of rotatable bonds is 4. The van der Waals surface area contributed by atoms with Crippen molar-refractivity contribution in [2.75, 3.05) is 7.11 Å². The summed E-state index contributed by atoms with van der Waals surface area (Å²) in [5.41, 5.74) is 1.17. The molecule has 1 unspecified atom stereocenters. The smallest absolute Gasteiger partial charge is 0.251 e. The number of methoxy groups -OCH3 is 1. The van der Waals surface area contributed by atoms with Gasteiger partial charge in [-0.3, -0.25) is 4.79 Å². The number of ether oxygens (including phenoxy) is 1. The van der Waals surface area contributed by atoms with Gasteiger partial charge in [0.05, 0.1) is 13.2 Å². The van der Waals surface area contributed by atoms with Crippen molar-refractivity contribution < 1.29 is 13.9 Å². The first-order chi connectivity index (χ1) is 9.61. The highest BCUT2D eigenvalue weighted by atomic mass is 19.1. The van der Waals surface area contributed by atoms with Crippen LogP contribution in [-0.4, -0.2) is 13.0 Å². The molecule has 0 bridgehead atoms. The average molecular weight is 273 g/mol. The average Bonchev–Trinajstić information content (AvgIpc) is 2.47. The van der Waals surface area contributed by atoms with Crippen molar-refractivity contribution in [3.63, 3.8) is 0 Å². The molecule has 0 radical (unpaired) electrons. The largest absolute Gasteiger partial charge is 0.496 e. The Hall–Kier alpha value is -2.36. The molecular formula is C16H16FNO2. The minimum Gasteiger partial charge on any atom is -0.496 e. The van der Waals surface area contributed by atoms with E-state index in [9.17, 15) is 9.18 Å². The van der Waals surface area contributed by atoms with Crippen LogP contribution in [0.25, 0.3) is 0 Å². The van der Waals surface area contributed by atoms with E-state index in [1.54, 1.807) is 13.2 Å². The first-order valence-electron chi connectivity index (χ1n) is 6.31. The highest BCUT2D eigenvalue weighted by molar-refractivity contribution is 5.94. The van der Waals surface area contributed by atoms with Gasteiger partial charge in [-0.15, -0.1) is 0 Å². The van der Waals surface area contributed by atoms with Crippen LogP contribution >= 0.6 is 0 Å². The van der Waals surface area contributed by atoms with Crippen molar-refractivity contribution in [3.8, 4) is 5.75 Å². The number of para-hydroxylation sites is 1. The van der Waals surface area contributed by atoms with Crippen LogP contribution < -0.4 is 10.1 Å². The lowest BCUT2D eigenvalue weighted by molar-refractivity contribution is 0.0939. The maximum atomic E-state index is 13.1. The first-order valence-corrected chi connectivity index (χ1v) is 6.31. The Morgan fingerprint density at radius 3 is 2.65 bits per heavy atom. The van der Waals surface area contributed by atoms with Crippen molar-refractivity contribution in [3.05, 3.63) is 65.5 Å². The van der Waals surface area contributed by atoms with E-state index in [2.05, 4.69) is 5.32 Å². The lowest BCUT2D eigenvalue weighted by Gasteiger charge is -2.17. The molecule has 0 spiro atoms. The highest BCUT2D eigenvalue weighted by Gasteiger charge is 2.14. The standard InChI is InChI=1S/C16H16FNO2/c1-11(14-8-3-4-9-15(14)20-2)18-16(19)12-6-5-7-13(17)10-12/h3-11H,1-2H3,(H,18,19). The van der Waals surface area contributed by atoms with Gasteiger partial charge < -0.3 is 10.1 Å². The van der Waals surface area contributed by atoms with Gasteiger partial charge in [-0.2, -0.15) is 0 Å². The van der Waals surface area contributed by atoms with Crippen LogP contribution in [0, 0.1) is 5.82 Å². The summed E-state index contributed by atoms with van der Waals surface area (Å²) < 4.78 is 18.4. The molecule has 2 rings (SSSR count). The van der Waals surface area contributed by atoms with Crippen molar-refractivity contribution in [2.45, 2.75) is 13.0 Å². The second kappa shape index (κ2) is 6.19. The molecule has 3 nitrogen and oxygen atoms in total. The highest BCUT2D eigenvalue weighted by Crippen LogP contribution is 2.24. The minimum absolute atomic E-state index is 0.234. The molecule has 0 aromatic heterocycles. The van der Waals surface area contributed by atoms with Crippen LogP contribution in [0.4, 0.5) is 4.39 Å². The summed E-state index contributed by atoms with van der Waals surface area (Å²) in [7, 11) is 1.58. The molecule has 0 aliphatic heterocycles. The second-order valence-corrected chi connectivity index (χ2v) is 4.45. The lowest BCUT2D eigenvalue weighted by atomic mass is 10.1. The van der Waals surface area contributed by atoms with Crippen LogP contribution in [-0.2, 0) is 0 Å². The molecule has 0 heterocycles. The molecule has 2 aromatic carbocycles. The summed E-state index contributed by atoms with van der Waals surface area (Å²) >= 11 is 0. The monoisotopic (exact) mass is 273 g/mol. The van der Waals surface area contributed by atoms with Gasteiger partial charge in [-0.05, 0) is 31.2 Å². The van der Waals surface area contributed by atoms with Gasteiger partial charge in [0.15, 0.2) is 0 Å². The third-order valence-electron chi connectivity index (χ3n) is 3.04. The van der Waals surface area contributed by atoms with Crippen LogP contribution in [0.3, 0.4) is 0 Å². The third kappa shape index (κ3) is 3.15. The van der Waals surface area contributed by atoms with E-state index in [0.29, 0.717) is 11.3 Å². The molecule has 0 fully saturated rings. The molecule has 1 atom stereocenters. The topological polar surface area (TPSA) is 38.3 Å². The Morgan fingerprint density at radius 1 is 1.20 bits per heavy atom.